The van der Waals surface area contributed by atoms with Crippen molar-refractivity contribution < 1.29 is 15.3 Å². The third-order valence-electron chi connectivity index (χ3n) is 7.69. The van der Waals surface area contributed by atoms with Crippen LogP contribution in [0, 0.1) is 26.8 Å². The number of aliphatic hydroxyl groups is 3. The highest BCUT2D eigenvalue weighted by Gasteiger charge is 2.84. The van der Waals surface area contributed by atoms with E-state index in [4.69, 9.17) is 0 Å². The van der Waals surface area contributed by atoms with Crippen LogP contribution < -0.4 is 0 Å². The maximum Gasteiger partial charge on any atom is 0.128 e. The first-order valence-corrected chi connectivity index (χ1v) is 16.0. The van der Waals surface area contributed by atoms with Crippen molar-refractivity contribution in [1.82, 2.24) is 0 Å². The molecule has 0 unspecified atom stereocenters. The van der Waals surface area contributed by atoms with Crippen molar-refractivity contribution in [1.29, 1.82) is 0 Å². The van der Waals surface area contributed by atoms with Crippen molar-refractivity contribution in [2.75, 3.05) is 0 Å². The fraction of sp³-hybridized carbons (Fsp3) is 0.217. The molecule has 3 aliphatic rings. The van der Waals surface area contributed by atoms with Gasteiger partial charge in [-0.1, -0.05) is 0 Å². The number of fused-ring (bicyclic) bond motifs is 9. The molecule has 0 aromatic heterocycles. The lowest BCUT2D eigenvalue weighted by atomic mass is 9.63. The Hall–Kier alpha value is 1.92. The predicted octanol–water partition coefficient (Wildman–Crippen LogP) is 6.37. The molecule has 0 heterocycles. The molecule has 3 aromatic rings. The quantitative estimate of drug-likeness (QED) is 0.230. The van der Waals surface area contributed by atoms with Gasteiger partial charge in [0.05, 0.1) is 5.41 Å². The molecule has 164 valence electrons. The van der Waals surface area contributed by atoms with Crippen LogP contribution in [0.1, 0.15) is 40.3 Å². The largest absolute Gasteiger partial charge is 0.379 e. The summed E-state index contributed by atoms with van der Waals surface area (Å²) in [6.07, 6.45) is 0. The van der Waals surface area contributed by atoms with Crippen LogP contribution in [-0.2, 0) is 16.8 Å². The summed E-state index contributed by atoms with van der Waals surface area (Å²) < 4.78 is 6.07. The summed E-state index contributed by atoms with van der Waals surface area (Å²) in [5.74, 6) is 0. The first-order chi connectivity index (χ1) is 14.8. The molecule has 0 bridgehead atoms. The molecule has 6 rings (SSSR count). The Morgan fingerprint density at radius 2 is 0.594 bits per heavy atom. The summed E-state index contributed by atoms with van der Waals surface area (Å²) in [4.78, 5) is 0. The zero-order valence-corrected chi connectivity index (χ0v) is 29.0. The molecule has 0 spiro atoms. The molecule has 32 heavy (non-hydrogen) atoms. The molecular formula is C23H12I6O3. The summed E-state index contributed by atoms with van der Waals surface area (Å²) in [6.45, 7) is 1.85. The SMILES string of the molecule is CC12C3(O)c4cc(I)c(I)cc4C1(O)c1cc(I)c(I)cc1C2(O)c1cc(I)c(I)cc13. The van der Waals surface area contributed by atoms with Gasteiger partial charge in [0, 0.05) is 21.4 Å². The molecular weight excluding hydrogens is 1090 g/mol. The minimum Gasteiger partial charge on any atom is -0.379 e. The van der Waals surface area contributed by atoms with Gasteiger partial charge >= 0.3 is 0 Å². The molecule has 0 radical (unpaired) electrons. The van der Waals surface area contributed by atoms with E-state index in [1.165, 1.54) is 0 Å². The van der Waals surface area contributed by atoms with E-state index in [1.807, 2.05) is 43.3 Å². The lowest BCUT2D eigenvalue weighted by Gasteiger charge is -2.45. The Morgan fingerprint density at radius 3 is 0.750 bits per heavy atom. The Labute approximate surface area is 266 Å². The Balaban J connectivity index is 1.91. The van der Waals surface area contributed by atoms with Gasteiger partial charge in [-0.15, -0.1) is 0 Å². The van der Waals surface area contributed by atoms with Gasteiger partial charge in [0.15, 0.2) is 0 Å². The summed E-state index contributed by atoms with van der Waals surface area (Å²) >= 11 is 13.7. The van der Waals surface area contributed by atoms with Gasteiger partial charge in [-0.3, -0.25) is 0 Å². The maximum atomic E-state index is 12.7. The zero-order chi connectivity index (χ0) is 23.2. The van der Waals surface area contributed by atoms with Crippen LogP contribution >= 0.6 is 136 Å². The van der Waals surface area contributed by atoms with Crippen LogP contribution in [-0.4, -0.2) is 15.3 Å². The predicted molar refractivity (Wildman–Crippen MR) is 173 cm³/mol. The smallest absolute Gasteiger partial charge is 0.128 e. The average molecular weight is 1100 g/mol. The van der Waals surface area contributed by atoms with E-state index >= 15 is 0 Å². The molecule has 0 fully saturated rings. The second-order valence-electron chi connectivity index (χ2n) is 8.69. The standard InChI is InChI=1S/C23H12I6O3/c1-20-21(30)8-2-14(24)15(25)3-9(8)22(20,31)12-6-18(28)19(29)7-13(12)23(20,32)11-5-17(27)16(26)4-10(11)21/h2-7,30-32H,1H3. The molecule has 0 saturated carbocycles. The number of benzene rings is 3. The molecule has 0 amide bonds. The van der Waals surface area contributed by atoms with E-state index in [0.29, 0.717) is 33.4 Å². The number of hydrogen-bond donors (Lipinski definition) is 3. The van der Waals surface area contributed by atoms with Crippen molar-refractivity contribution in [3.63, 3.8) is 0 Å². The van der Waals surface area contributed by atoms with Crippen LogP contribution in [0.3, 0.4) is 0 Å². The lowest BCUT2D eigenvalue weighted by Crippen LogP contribution is -2.54. The molecule has 0 atom stereocenters. The van der Waals surface area contributed by atoms with Gasteiger partial charge in [0.1, 0.15) is 16.8 Å². The number of rotatable bonds is 0. The lowest BCUT2D eigenvalue weighted by molar-refractivity contribution is -0.194. The molecule has 3 aliphatic carbocycles. The van der Waals surface area contributed by atoms with Crippen LogP contribution in [0.4, 0.5) is 0 Å². The monoisotopic (exact) mass is 1100 g/mol. The Kier molecular flexibility index (Phi) is 5.51. The van der Waals surface area contributed by atoms with Gasteiger partial charge in [-0.25, -0.2) is 0 Å². The molecule has 3 nitrogen and oxygen atoms in total. The molecule has 3 N–H and O–H groups in total. The fourth-order valence-electron chi connectivity index (χ4n) is 6.27. The molecule has 9 heteroatoms. The van der Waals surface area contributed by atoms with Crippen molar-refractivity contribution in [2.24, 2.45) is 5.41 Å². The van der Waals surface area contributed by atoms with Crippen LogP contribution in [0.2, 0.25) is 0 Å². The summed E-state index contributed by atoms with van der Waals surface area (Å²) in [6, 6.07) is 11.9. The van der Waals surface area contributed by atoms with Crippen molar-refractivity contribution in [3.8, 4) is 0 Å². The number of halogens is 6. The van der Waals surface area contributed by atoms with E-state index in [9.17, 15) is 15.3 Å². The third kappa shape index (κ3) is 2.39. The second-order valence-corrected chi connectivity index (χ2v) is 15.7. The van der Waals surface area contributed by atoms with Crippen molar-refractivity contribution in [2.45, 2.75) is 23.7 Å². The minimum absolute atomic E-state index is 0.681. The van der Waals surface area contributed by atoms with Crippen molar-refractivity contribution in [3.05, 3.63) is 91.2 Å². The van der Waals surface area contributed by atoms with Crippen molar-refractivity contribution >= 4 is 136 Å². The summed E-state index contributed by atoms with van der Waals surface area (Å²) in [5, 5.41) is 38.1. The topological polar surface area (TPSA) is 60.7 Å². The normalized spacial score (nSPS) is 33.2. The van der Waals surface area contributed by atoms with E-state index < -0.39 is 22.2 Å². The Morgan fingerprint density at radius 1 is 0.438 bits per heavy atom. The van der Waals surface area contributed by atoms with Gasteiger partial charge in [-0.2, -0.15) is 0 Å². The van der Waals surface area contributed by atoms with Gasteiger partial charge in [-0.05, 0) is 212 Å². The van der Waals surface area contributed by atoms with Crippen LogP contribution in [0.25, 0.3) is 0 Å². The van der Waals surface area contributed by atoms with Crippen LogP contribution in [0.5, 0.6) is 0 Å². The first kappa shape index (κ1) is 24.3. The van der Waals surface area contributed by atoms with Gasteiger partial charge in [0.2, 0.25) is 0 Å². The molecule has 3 aromatic carbocycles. The van der Waals surface area contributed by atoms with E-state index in [2.05, 4.69) is 136 Å². The third-order valence-corrected chi connectivity index (χ3v) is 16.1. The van der Waals surface area contributed by atoms with E-state index in [0.717, 1.165) is 21.4 Å². The highest BCUT2D eigenvalue weighted by atomic mass is 127. The summed E-state index contributed by atoms with van der Waals surface area (Å²) in [7, 11) is 0. The highest BCUT2D eigenvalue weighted by Crippen LogP contribution is 2.80. The van der Waals surface area contributed by atoms with E-state index in [1.54, 1.807) is 0 Å². The zero-order valence-electron chi connectivity index (χ0n) is 16.1. The maximum absolute atomic E-state index is 12.7. The Bertz CT molecular complexity index is 1160. The van der Waals surface area contributed by atoms with Gasteiger partial charge < -0.3 is 15.3 Å². The molecule has 0 saturated heterocycles. The summed E-state index contributed by atoms with van der Waals surface area (Å²) in [5.41, 5.74) is -1.89. The molecule has 0 aliphatic heterocycles. The van der Waals surface area contributed by atoms with E-state index in [-0.39, 0.29) is 0 Å². The van der Waals surface area contributed by atoms with Crippen LogP contribution in [0.15, 0.2) is 36.4 Å². The fourth-order valence-corrected chi connectivity index (χ4v) is 9.08. The number of hydrogen-bond acceptors (Lipinski definition) is 3. The average Bonchev–Trinajstić information content (AvgIpc) is 3.06. The van der Waals surface area contributed by atoms with Gasteiger partial charge in [0.25, 0.3) is 0 Å². The highest BCUT2D eigenvalue weighted by molar-refractivity contribution is 14.1. The first-order valence-electron chi connectivity index (χ1n) is 9.52. The second kappa shape index (κ2) is 7.27. The minimum atomic E-state index is -1.55.